The summed E-state index contributed by atoms with van der Waals surface area (Å²) in [5.74, 6) is -0.252. The second-order valence-corrected chi connectivity index (χ2v) is 4.65. The highest BCUT2D eigenvalue weighted by molar-refractivity contribution is 9.10. The molecule has 4 heteroatoms. The van der Waals surface area contributed by atoms with Gasteiger partial charge in [-0.05, 0) is 24.5 Å². The van der Waals surface area contributed by atoms with E-state index in [1.807, 2.05) is 31.2 Å². The molecule has 0 aliphatic rings. The summed E-state index contributed by atoms with van der Waals surface area (Å²) in [6, 6.07) is 7.45. The Morgan fingerprint density at radius 2 is 2.18 bits per heavy atom. The van der Waals surface area contributed by atoms with Crippen LogP contribution in [0.25, 0.3) is 0 Å². The molecule has 0 fully saturated rings. The number of hydrogen-bond acceptors (Lipinski definition) is 3. The Hall–Kier alpha value is -0.870. The molecular weight excluding hydrogens is 284 g/mol. The summed E-state index contributed by atoms with van der Waals surface area (Å²) in [5.41, 5.74) is 0.802. The first-order valence-corrected chi connectivity index (χ1v) is 6.52. The van der Waals surface area contributed by atoms with Crippen molar-refractivity contribution < 1.29 is 14.6 Å². The Labute approximate surface area is 110 Å². The van der Waals surface area contributed by atoms with Gasteiger partial charge in [0.15, 0.2) is 0 Å². The Kier molecular flexibility index (Phi) is 6.22. The van der Waals surface area contributed by atoms with Gasteiger partial charge in [0.05, 0.1) is 12.7 Å². The molecular formula is C13H17BrO3. The molecule has 1 aromatic rings. The summed E-state index contributed by atoms with van der Waals surface area (Å²) in [4.78, 5) is 11.3. The van der Waals surface area contributed by atoms with Crippen molar-refractivity contribution in [3.05, 3.63) is 34.3 Å². The van der Waals surface area contributed by atoms with Crippen molar-refractivity contribution in [3.63, 3.8) is 0 Å². The molecule has 0 aromatic heterocycles. The first kappa shape index (κ1) is 14.2. The molecule has 1 rings (SSSR count). The molecule has 17 heavy (non-hydrogen) atoms. The highest BCUT2D eigenvalue weighted by atomic mass is 79.9. The molecule has 0 saturated heterocycles. The molecule has 0 saturated carbocycles. The van der Waals surface area contributed by atoms with Crippen LogP contribution in [-0.2, 0) is 9.53 Å². The smallest absolute Gasteiger partial charge is 0.305 e. The average Bonchev–Trinajstić information content (AvgIpc) is 2.34. The normalized spacial score (nSPS) is 12.2. The summed E-state index contributed by atoms with van der Waals surface area (Å²) >= 11 is 3.37. The number of carbonyl (C=O) groups is 1. The fourth-order valence-corrected chi connectivity index (χ4v) is 1.99. The van der Waals surface area contributed by atoms with Crippen LogP contribution in [0, 0.1) is 0 Å². The highest BCUT2D eigenvalue weighted by Crippen LogP contribution is 2.26. The van der Waals surface area contributed by atoms with Gasteiger partial charge in [0, 0.05) is 10.9 Å². The van der Waals surface area contributed by atoms with Crippen molar-refractivity contribution in [1.82, 2.24) is 0 Å². The third-order valence-corrected chi connectivity index (χ3v) is 3.08. The SMILES string of the molecule is CCCOC(=O)CCC(O)c1ccccc1Br. The molecule has 0 bridgehead atoms. The number of aliphatic hydroxyl groups excluding tert-OH is 1. The third kappa shape index (κ3) is 4.88. The van der Waals surface area contributed by atoms with E-state index in [2.05, 4.69) is 15.9 Å². The van der Waals surface area contributed by atoms with Crippen LogP contribution < -0.4 is 0 Å². The van der Waals surface area contributed by atoms with Gasteiger partial charge in [-0.3, -0.25) is 4.79 Å². The van der Waals surface area contributed by atoms with Gasteiger partial charge in [0.2, 0.25) is 0 Å². The average molecular weight is 301 g/mol. The Bertz CT molecular complexity index is 365. The van der Waals surface area contributed by atoms with E-state index in [0.717, 1.165) is 16.5 Å². The van der Waals surface area contributed by atoms with E-state index in [-0.39, 0.29) is 12.4 Å². The Morgan fingerprint density at radius 1 is 1.47 bits per heavy atom. The molecule has 1 N–H and O–H groups in total. The van der Waals surface area contributed by atoms with Crippen molar-refractivity contribution in [2.24, 2.45) is 0 Å². The zero-order chi connectivity index (χ0) is 12.7. The number of hydrogen-bond donors (Lipinski definition) is 1. The van der Waals surface area contributed by atoms with Gasteiger partial charge in [-0.1, -0.05) is 41.1 Å². The zero-order valence-corrected chi connectivity index (χ0v) is 11.4. The number of aliphatic hydroxyl groups is 1. The fourth-order valence-electron chi connectivity index (χ4n) is 1.44. The van der Waals surface area contributed by atoms with Crippen molar-refractivity contribution in [1.29, 1.82) is 0 Å². The summed E-state index contributed by atoms with van der Waals surface area (Å²) in [6.45, 7) is 2.40. The third-order valence-electron chi connectivity index (χ3n) is 2.35. The standard InChI is InChI=1S/C13H17BrO3/c1-2-9-17-13(16)8-7-12(15)10-5-3-4-6-11(10)14/h3-6,12,15H,2,7-9H2,1H3. The van der Waals surface area contributed by atoms with E-state index < -0.39 is 6.10 Å². The topological polar surface area (TPSA) is 46.5 Å². The zero-order valence-electron chi connectivity index (χ0n) is 9.86. The van der Waals surface area contributed by atoms with Crippen LogP contribution in [0.15, 0.2) is 28.7 Å². The molecule has 94 valence electrons. The van der Waals surface area contributed by atoms with Crippen molar-refractivity contribution in [3.8, 4) is 0 Å². The maximum absolute atomic E-state index is 11.3. The maximum Gasteiger partial charge on any atom is 0.305 e. The van der Waals surface area contributed by atoms with Gasteiger partial charge in [-0.25, -0.2) is 0 Å². The molecule has 1 atom stereocenters. The Balaban J connectivity index is 2.42. The van der Waals surface area contributed by atoms with E-state index in [1.54, 1.807) is 0 Å². The van der Waals surface area contributed by atoms with Crippen molar-refractivity contribution >= 4 is 21.9 Å². The second-order valence-electron chi connectivity index (χ2n) is 3.80. The minimum absolute atomic E-state index is 0.239. The van der Waals surface area contributed by atoms with Gasteiger partial charge in [0.1, 0.15) is 0 Å². The minimum atomic E-state index is -0.639. The quantitative estimate of drug-likeness (QED) is 0.821. The fraction of sp³-hybridized carbons (Fsp3) is 0.462. The molecule has 0 aliphatic carbocycles. The summed E-state index contributed by atoms with van der Waals surface area (Å²) in [7, 11) is 0. The maximum atomic E-state index is 11.3. The molecule has 0 radical (unpaired) electrons. The summed E-state index contributed by atoms with van der Waals surface area (Å²) in [5, 5.41) is 9.94. The lowest BCUT2D eigenvalue weighted by atomic mass is 10.1. The van der Waals surface area contributed by atoms with Gasteiger partial charge in [-0.15, -0.1) is 0 Å². The van der Waals surface area contributed by atoms with Crippen molar-refractivity contribution in [2.75, 3.05) is 6.61 Å². The number of carbonyl (C=O) groups excluding carboxylic acids is 1. The molecule has 0 aliphatic heterocycles. The second kappa shape index (κ2) is 7.45. The number of esters is 1. The van der Waals surface area contributed by atoms with E-state index in [0.29, 0.717) is 13.0 Å². The van der Waals surface area contributed by atoms with Crippen LogP contribution in [0.5, 0.6) is 0 Å². The lowest BCUT2D eigenvalue weighted by Gasteiger charge is -2.12. The molecule has 0 heterocycles. The first-order valence-electron chi connectivity index (χ1n) is 5.73. The molecule has 0 amide bonds. The monoisotopic (exact) mass is 300 g/mol. The predicted molar refractivity (Wildman–Crippen MR) is 69.6 cm³/mol. The number of rotatable bonds is 6. The highest BCUT2D eigenvalue weighted by Gasteiger charge is 2.13. The van der Waals surface area contributed by atoms with Crippen LogP contribution in [0.3, 0.4) is 0 Å². The van der Waals surface area contributed by atoms with Gasteiger partial charge < -0.3 is 9.84 Å². The van der Waals surface area contributed by atoms with Crippen LogP contribution in [0.1, 0.15) is 37.9 Å². The first-order chi connectivity index (χ1) is 8.15. The Morgan fingerprint density at radius 3 is 2.82 bits per heavy atom. The minimum Gasteiger partial charge on any atom is -0.466 e. The van der Waals surface area contributed by atoms with Crippen LogP contribution in [-0.4, -0.2) is 17.7 Å². The van der Waals surface area contributed by atoms with Gasteiger partial charge in [0.25, 0.3) is 0 Å². The number of benzene rings is 1. The van der Waals surface area contributed by atoms with Crippen molar-refractivity contribution in [2.45, 2.75) is 32.3 Å². The van der Waals surface area contributed by atoms with E-state index in [4.69, 9.17) is 4.74 Å². The molecule has 1 unspecified atom stereocenters. The van der Waals surface area contributed by atoms with Crippen LogP contribution >= 0.6 is 15.9 Å². The lowest BCUT2D eigenvalue weighted by Crippen LogP contribution is -2.08. The van der Waals surface area contributed by atoms with E-state index in [9.17, 15) is 9.90 Å². The largest absolute Gasteiger partial charge is 0.466 e. The molecule has 1 aromatic carbocycles. The molecule has 0 spiro atoms. The van der Waals surface area contributed by atoms with Crippen LogP contribution in [0.4, 0.5) is 0 Å². The summed E-state index contributed by atoms with van der Waals surface area (Å²) in [6.07, 6.45) is 0.798. The van der Waals surface area contributed by atoms with Crippen LogP contribution in [0.2, 0.25) is 0 Å². The van der Waals surface area contributed by atoms with Gasteiger partial charge >= 0.3 is 5.97 Å². The lowest BCUT2D eigenvalue weighted by molar-refractivity contribution is -0.144. The number of ether oxygens (including phenoxy) is 1. The van der Waals surface area contributed by atoms with Gasteiger partial charge in [-0.2, -0.15) is 0 Å². The van der Waals surface area contributed by atoms with E-state index in [1.165, 1.54) is 0 Å². The molecule has 3 nitrogen and oxygen atoms in total. The van der Waals surface area contributed by atoms with E-state index >= 15 is 0 Å². The predicted octanol–water partition coefficient (Wildman–Crippen LogP) is 3.22. The summed E-state index contributed by atoms with van der Waals surface area (Å²) < 4.78 is 5.80. The number of halogens is 1.